The Labute approximate surface area is 94.7 Å². The third kappa shape index (κ3) is 3.32. The van der Waals surface area contributed by atoms with Crippen LogP contribution in [0.2, 0.25) is 0 Å². The maximum absolute atomic E-state index is 11.7. The molecule has 0 saturated carbocycles. The summed E-state index contributed by atoms with van der Waals surface area (Å²) >= 11 is 0. The molecule has 0 aliphatic heterocycles. The van der Waals surface area contributed by atoms with Gasteiger partial charge < -0.3 is 0 Å². The zero-order chi connectivity index (χ0) is 12.0. The number of aromatic amines is 1. The van der Waals surface area contributed by atoms with E-state index in [1.165, 1.54) is 6.20 Å². The van der Waals surface area contributed by atoms with Gasteiger partial charge in [0.1, 0.15) is 4.90 Å². The average molecular weight is 242 g/mol. The number of nitriles is 1. The molecule has 1 aromatic heterocycles. The van der Waals surface area contributed by atoms with Gasteiger partial charge in [0.15, 0.2) is 0 Å². The SMILES string of the molecule is Cc1[nH]ncc1S(=O)(=O)NCCCCC#N. The van der Waals surface area contributed by atoms with Gasteiger partial charge in [0.2, 0.25) is 10.0 Å². The van der Waals surface area contributed by atoms with E-state index in [-0.39, 0.29) is 4.90 Å². The molecule has 0 aliphatic carbocycles. The van der Waals surface area contributed by atoms with E-state index in [9.17, 15) is 8.42 Å². The smallest absolute Gasteiger partial charge is 0.243 e. The quantitative estimate of drug-likeness (QED) is 0.717. The number of aryl methyl sites for hydroxylation is 1. The summed E-state index contributed by atoms with van der Waals surface area (Å²) in [6, 6.07) is 2.01. The number of H-pyrrole nitrogens is 1. The molecule has 0 amide bonds. The Hall–Kier alpha value is -1.39. The van der Waals surface area contributed by atoms with E-state index in [0.717, 1.165) is 0 Å². The molecule has 2 N–H and O–H groups in total. The van der Waals surface area contributed by atoms with Crippen molar-refractivity contribution in [2.45, 2.75) is 31.1 Å². The second-order valence-corrected chi connectivity index (χ2v) is 5.11. The monoisotopic (exact) mass is 242 g/mol. The molecular formula is C9H14N4O2S. The van der Waals surface area contributed by atoms with Crippen LogP contribution in [0.5, 0.6) is 0 Å². The number of hydrogen-bond donors (Lipinski definition) is 2. The van der Waals surface area contributed by atoms with Crippen molar-refractivity contribution >= 4 is 10.0 Å². The molecule has 0 unspecified atom stereocenters. The molecule has 0 saturated heterocycles. The molecule has 6 nitrogen and oxygen atoms in total. The van der Waals surface area contributed by atoms with Gasteiger partial charge in [-0.25, -0.2) is 13.1 Å². The molecule has 16 heavy (non-hydrogen) atoms. The number of sulfonamides is 1. The maximum atomic E-state index is 11.7. The van der Waals surface area contributed by atoms with Crippen LogP contribution in [0.4, 0.5) is 0 Å². The summed E-state index contributed by atoms with van der Waals surface area (Å²) in [6.45, 7) is 1.99. The van der Waals surface area contributed by atoms with Crippen LogP contribution >= 0.6 is 0 Å². The first-order chi connectivity index (χ1) is 7.58. The summed E-state index contributed by atoms with van der Waals surface area (Å²) in [5, 5.41) is 14.5. The number of rotatable bonds is 6. The van der Waals surface area contributed by atoms with Gasteiger partial charge in [0.25, 0.3) is 0 Å². The van der Waals surface area contributed by atoms with Crippen molar-refractivity contribution in [1.82, 2.24) is 14.9 Å². The van der Waals surface area contributed by atoms with Crippen LogP contribution < -0.4 is 4.72 Å². The summed E-state index contributed by atoms with van der Waals surface area (Å²) in [6.07, 6.45) is 3.09. The van der Waals surface area contributed by atoms with E-state index in [1.807, 2.05) is 6.07 Å². The predicted octanol–water partition coefficient (Wildman–Crippen LogP) is 0.690. The molecule has 88 valence electrons. The predicted molar refractivity (Wildman–Crippen MR) is 58.0 cm³/mol. The highest BCUT2D eigenvalue weighted by Gasteiger charge is 2.17. The van der Waals surface area contributed by atoms with Gasteiger partial charge in [-0.2, -0.15) is 10.4 Å². The topological polar surface area (TPSA) is 98.6 Å². The average Bonchev–Trinajstić information content (AvgIpc) is 2.65. The van der Waals surface area contributed by atoms with Crippen LogP contribution in [0, 0.1) is 18.3 Å². The molecule has 1 rings (SSSR count). The lowest BCUT2D eigenvalue weighted by Gasteiger charge is -2.04. The number of hydrogen-bond acceptors (Lipinski definition) is 4. The van der Waals surface area contributed by atoms with Crippen LogP contribution in [0.3, 0.4) is 0 Å². The normalized spacial score (nSPS) is 11.2. The number of nitrogens with zero attached hydrogens (tertiary/aromatic N) is 2. The van der Waals surface area contributed by atoms with Crippen molar-refractivity contribution in [2.75, 3.05) is 6.54 Å². The van der Waals surface area contributed by atoms with E-state index >= 15 is 0 Å². The highest BCUT2D eigenvalue weighted by atomic mass is 32.2. The van der Waals surface area contributed by atoms with Gasteiger partial charge in [-0.1, -0.05) is 0 Å². The third-order valence-electron chi connectivity index (χ3n) is 2.08. The van der Waals surface area contributed by atoms with Gasteiger partial charge in [-0.15, -0.1) is 0 Å². The van der Waals surface area contributed by atoms with E-state index in [4.69, 9.17) is 5.26 Å². The zero-order valence-electron chi connectivity index (χ0n) is 9.02. The molecular weight excluding hydrogens is 228 g/mol. The second kappa shape index (κ2) is 5.63. The van der Waals surface area contributed by atoms with Crippen molar-refractivity contribution in [3.8, 4) is 6.07 Å². The molecule has 0 spiro atoms. The second-order valence-electron chi connectivity index (χ2n) is 3.37. The molecule has 0 aromatic carbocycles. The van der Waals surface area contributed by atoms with E-state index in [2.05, 4.69) is 14.9 Å². The minimum atomic E-state index is -3.46. The fraction of sp³-hybridized carbons (Fsp3) is 0.556. The first-order valence-corrected chi connectivity index (χ1v) is 6.43. The Bertz CT molecular complexity index is 472. The highest BCUT2D eigenvalue weighted by Crippen LogP contribution is 2.10. The Morgan fingerprint density at radius 2 is 2.31 bits per heavy atom. The summed E-state index contributed by atoms with van der Waals surface area (Å²) in [5.74, 6) is 0. The van der Waals surface area contributed by atoms with Crippen LogP contribution in [-0.2, 0) is 10.0 Å². The van der Waals surface area contributed by atoms with Crippen molar-refractivity contribution in [3.63, 3.8) is 0 Å². The summed E-state index contributed by atoms with van der Waals surface area (Å²) in [7, 11) is -3.46. The Morgan fingerprint density at radius 1 is 1.56 bits per heavy atom. The minimum absolute atomic E-state index is 0.174. The lowest BCUT2D eigenvalue weighted by Crippen LogP contribution is -2.25. The molecule has 0 atom stereocenters. The largest absolute Gasteiger partial charge is 0.281 e. The minimum Gasteiger partial charge on any atom is -0.281 e. The molecule has 0 aliphatic rings. The van der Waals surface area contributed by atoms with Gasteiger partial charge >= 0.3 is 0 Å². The van der Waals surface area contributed by atoms with Gasteiger partial charge in [0.05, 0.1) is 18.0 Å². The van der Waals surface area contributed by atoms with Crippen LogP contribution in [0.15, 0.2) is 11.1 Å². The van der Waals surface area contributed by atoms with Crippen molar-refractivity contribution < 1.29 is 8.42 Å². The number of nitrogens with one attached hydrogen (secondary N) is 2. The van der Waals surface area contributed by atoms with Crippen molar-refractivity contribution in [1.29, 1.82) is 5.26 Å². The number of unbranched alkanes of at least 4 members (excludes halogenated alkanes) is 2. The van der Waals surface area contributed by atoms with Gasteiger partial charge in [-0.05, 0) is 19.8 Å². The molecule has 0 bridgehead atoms. The van der Waals surface area contributed by atoms with Crippen LogP contribution in [0.1, 0.15) is 25.0 Å². The third-order valence-corrected chi connectivity index (χ3v) is 3.66. The van der Waals surface area contributed by atoms with E-state index in [0.29, 0.717) is 31.5 Å². The summed E-state index contributed by atoms with van der Waals surface area (Å²) < 4.78 is 25.9. The van der Waals surface area contributed by atoms with Crippen LogP contribution in [-0.4, -0.2) is 25.2 Å². The molecule has 1 aromatic rings. The van der Waals surface area contributed by atoms with Crippen molar-refractivity contribution in [2.24, 2.45) is 0 Å². The Morgan fingerprint density at radius 3 is 2.88 bits per heavy atom. The lowest BCUT2D eigenvalue weighted by atomic mass is 10.2. The van der Waals surface area contributed by atoms with Gasteiger partial charge in [-0.3, -0.25) is 5.10 Å². The lowest BCUT2D eigenvalue weighted by molar-refractivity contribution is 0.576. The van der Waals surface area contributed by atoms with Gasteiger partial charge in [0, 0.05) is 13.0 Å². The fourth-order valence-corrected chi connectivity index (χ4v) is 2.43. The highest BCUT2D eigenvalue weighted by molar-refractivity contribution is 7.89. The number of aromatic nitrogens is 2. The molecule has 1 heterocycles. The van der Waals surface area contributed by atoms with E-state index < -0.39 is 10.0 Å². The summed E-state index contributed by atoms with van der Waals surface area (Å²) in [4.78, 5) is 0.174. The zero-order valence-corrected chi connectivity index (χ0v) is 9.84. The Balaban J connectivity index is 2.48. The maximum Gasteiger partial charge on any atom is 0.243 e. The molecule has 7 heteroatoms. The van der Waals surface area contributed by atoms with E-state index in [1.54, 1.807) is 6.92 Å². The molecule has 0 radical (unpaired) electrons. The molecule has 0 fully saturated rings. The Kier molecular flexibility index (Phi) is 4.46. The standard InChI is InChI=1S/C9H14N4O2S/c1-8-9(7-11-13-8)16(14,15)12-6-4-2-3-5-10/h7,12H,2-4,6H2,1H3,(H,11,13). The first kappa shape index (κ1) is 12.7. The summed E-state index contributed by atoms with van der Waals surface area (Å²) in [5.41, 5.74) is 0.518. The van der Waals surface area contributed by atoms with Crippen LogP contribution in [0.25, 0.3) is 0 Å². The van der Waals surface area contributed by atoms with Crippen molar-refractivity contribution in [3.05, 3.63) is 11.9 Å². The first-order valence-electron chi connectivity index (χ1n) is 4.94. The fourth-order valence-electron chi connectivity index (χ4n) is 1.22.